The van der Waals surface area contributed by atoms with Gasteiger partial charge in [-0.05, 0) is 12.8 Å². The quantitative estimate of drug-likeness (QED) is 0.589. The van der Waals surface area contributed by atoms with Gasteiger partial charge in [0.05, 0.1) is 12.3 Å². The number of carboxylic acids is 1. The smallest absolute Gasteiger partial charge is 0.317 e. The van der Waals surface area contributed by atoms with Crippen molar-refractivity contribution in [3.05, 3.63) is 0 Å². The second-order valence-electron chi connectivity index (χ2n) is 3.46. The molecule has 0 aromatic rings. The average Bonchev–Trinajstić information content (AvgIpc) is 2.77. The van der Waals surface area contributed by atoms with Crippen LogP contribution in [0.3, 0.4) is 0 Å². The number of primary sulfonamides is 1. The molecule has 1 rings (SSSR count). The summed E-state index contributed by atoms with van der Waals surface area (Å²) < 4.78 is 21.3. The molecule has 0 saturated heterocycles. The van der Waals surface area contributed by atoms with Gasteiger partial charge >= 0.3 is 5.97 Å². The van der Waals surface area contributed by atoms with Gasteiger partial charge < -0.3 is 5.11 Å². The molecule has 0 radical (unpaired) electrons. The first-order chi connectivity index (χ1) is 6.38. The number of nitrogens with two attached hydrogens (primary N) is 1. The van der Waals surface area contributed by atoms with Gasteiger partial charge in [-0.15, -0.1) is 0 Å². The minimum absolute atomic E-state index is 0.111. The van der Waals surface area contributed by atoms with Gasteiger partial charge in [0, 0.05) is 12.6 Å². The molecule has 0 amide bonds. The molecule has 0 unspecified atom stereocenters. The van der Waals surface area contributed by atoms with E-state index >= 15 is 0 Å². The van der Waals surface area contributed by atoms with Crippen molar-refractivity contribution in [2.45, 2.75) is 18.9 Å². The van der Waals surface area contributed by atoms with Gasteiger partial charge in [0.25, 0.3) is 0 Å². The van der Waals surface area contributed by atoms with Crippen LogP contribution < -0.4 is 5.14 Å². The molecule has 14 heavy (non-hydrogen) atoms. The second kappa shape index (κ2) is 4.24. The van der Waals surface area contributed by atoms with E-state index in [0.717, 1.165) is 12.8 Å². The Hall–Kier alpha value is -0.660. The van der Waals surface area contributed by atoms with E-state index in [1.807, 2.05) is 0 Å². The van der Waals surface area contributed by atoms with Crippen LogP contribution in [-0.4, -0.2) is 49.3 Å². The zero-order valence-electron chi connectivity index (χ0n) is 7.72. The standard InChI is InChI=1S/C7H14N2O4S/c8-14(12,13)4-3-9(5-7(10)11)6-1-2-6/h6H,1-5H2,(H,10,11)(H2,8,12,13). The Morgan fingerprint density at radius 1 is 1.50 bits per heavy atom. The summed E-state index contributed by atoms with van der Waals surface area (Å²) in [6, 6.07) is 0.229. The maximum atomic E-state index is 10.7. The van der Waals surface area contributed by atoms with Gasteiger partial charge in [-0.1, -0.05) is 0 Å². The highest BCUT2D eigenvalue weighted by Gasteiger charge is 2.30. The maximum absolute atomic E-state index is 10.7. The minimum Gasteiger partial charge on any atom is -0.480 e. The zero-order valence-corrected chi connectivity index (χ0v) is 8.53. The highest BCUT2D eigenvalue weighted by molar-refractivity contribution is 7.89. The van der Waals surface area contributed by atoms with E-state index in [4.69, 9.17) is 10.2 Å². The van der Waals surface area contributed by atoms with E-state index in [1.165, 1.54) is 0 Å². The molecule has 0 aromatic heterocycles. The normalized spacial score (nSPS) is 17.3. The molecule has 7 heteroatoms. The van der Waals surface area contributed by atoms with E-state index in [-0.39, 0.29) is 24.9 Å². The first-order valence-corrected chi connectivity index (χ1v) is 6.06. The third-order valence-electron chi connectivity index (χ3n) is 2.06. The molecule has 1 aliphatic rings. The number of aliphatic carboxylic acids is 1. The largest absolute Gasteiger partial charge is 0.480 e. The van der Waals surface area contributed by atoms with E-state index < -0.39 is 16.0 Å². The molecule has 0 heterocycles. The fourth-order valence-corrected chi connectivity index (χ4v) is 1.74. The lowest BCUT2D eigenvalue weighted by atomic mass is 10.4. The van der Waals surface area contributed by atoms with E-state index in [0.29, 0.717) is 0 Å². The summed E-state index contributed by atoms with van der Waals surface area (Å²) in [6.45, 7) is 0.0932. The topological polar surface area (TPSA) is 101 Å². The predicted octanol–water partition coefficient (Wildman–Crippen LogP) is -1.18. The Labute approximate surface area is 82.7 Å². The molecule has 3 N–H and O–H groups in total. The van der Waals surface area contributed by atoms with Crippen molar-refractivity contribution in [1.29, 1.82) is 0 Å². The van der Waals surface area contributed by atoms with Crippen molar-refractivity contribution in [2.24, 2.45) is 5.14 Å². The summed E-state index contributed by atoms with van der Waals surface area (Å²) in [5.74, 6) is -1.12. The average molecular weight is 222 g/mol. The molecular formula is C7H14N2O4S. The van der Waals surface area contributed by atoms with Gasteiger partial charge in [0.15, 0.2) is 0 Å². The summed E-state index contributed by atoms with van der Waals surface area (Å²) >= 11 is 0. The Balaban J connectivity index is 2.39. The van der Waals surface area contributed by atoms with Crippen LogP contribution in [0.15, 0.2) is 0 Å². The van der Waals surface area contributed by atoms with Crippen LogP contribution in [0.5, 0.6) is 0 Å². The molecule has 0 aromatic carbocycles. The molecule has 0 atom stereocenters. The minimum atomic E-state index is -3.50. The number of sulfonamides is 1. The lowest BCUT2D eigenvalue weighted by Crippen LogP contribution is -2.37. The first-order valence-electron chi connectivity index (χ1n) is 4.35. The van der Waals surface area contributed by atoms with Crippen LogP contribution in [0, 0.1) is 0 Å². The van der Waals surface area contributed by atoms with Gasteiger partial charge in [0.1, 0.15) is 0 Å². The summed E-state index contributed by atoms with van der Waals surface area (Å²) in [6.07, 6.45) is 1.88. The molecule has 1 aliphatic carbocycles. The lowest BCUT2D eigenvalue weighted by Gasteiger charge is -2.18. The van der Waals surface area contributed by atoms with Crippen molar-refractivity contribution in [1.82, 2.24) is 4.90 Å². The number of hydrogen-bond acceptors (Lipinski definition) is 4. The van der Waals surface area contributed by atoms with Crippen LogP contribution in [0.4, 0.5) is 0 Å². The number of nitrogens with zero attached hydrogens (tertiary/aromatic N) is 1. The van der Waals surface area contributed by atoms with Crippen LogP contribution >= 0.6 is 0 Å². The van der Waals surface area contributed by atoms with Crippen molar-refractivity contribution < 1.29 is 18.3 Å². The number of carboxylic acid groups (broad SMARTS) is 1. The Kier molecular flexibility index (Phi) is 3.46. The number of hydrogen-bond donors (Lipinski definition) is 2. The van der Waals surface area contributed by atoms with Crippen molar-refractivity contribution in [3.8, 4) is 0 Å². The number of carbonyl (C=O) groups is 1. The van der Waals surface area contributed by atoms with Crippen LogP contribution in [0.25, 0.3) is 0 Å². The molecule has 0 spiro atoms. The fourth-order valence-electron chi connectivity index (χ4n) is 1.25. The van der Waals surface area contributed by atoms with Gasteiger partial charge in [-0.25, -0.2) is 13.6 Å². The summed E-state index contributed by atoms with van der Waals surface area (Å²) in [5, 5.41) is 13.4. The molecule has 1 saturated carbocycles. The Bertz CT molecular complexity index is 310. The molecule has 0 bridgehead atoms. The first kappa shape index (κ1) is 11.4. The molecule has 0 aliphatic heterocycles. The summed E-state index contributed by atoms with van der Waals surface area (Å²) in [5.41, 5.74) is 0. The summed E-state index contributed by atoms with van der Waals surface area (Å²) in [4.78, 5) is 12.1. The molecule has 6 nitrogen and oxygen atoms in total. The maximum Gasteiger partial charge on any atom is 0.317 e. The van der Waals surface area contributed by atoms with Gasteiger partial charge in [0.2, 0.25) is 10.0 Å². The van der Waals surface area contributed by atoms with Crippen LogP contribution in [0.1, 0.15) is 12.8 Å². The molecule has 1 fully saturated rings. The third kappa shape index (κ3) is 4.54. The van der Waals surface area contributed by atoms with Crippen LogP contribution in [-0.2, 0) is 14.8 Å². The number of rotatable bonds is 6. The summed E-state index contributed by atoms with van der Waals surface area (Å²) in [7, 11) is -3.50. The zero-order chi connectivity index (χ0) is 10.8. The monoisotopic (exact) mass is 222 g/mol. The molecule has 82 valence electrons. The van der Waals surface area contributed by atoms with Crippen molar-refractivity contribution in [3.63, 3.8) is 0 Å². The highest BCUT2D eigenvalue weighted by atomic mass is 32.2. The Morgan fingerprint density at radius 2 is 2.07 bits per heavy atom. The van der Waals surface area contributed by atoms with E-state index in [2.05, 4.69) is 0 Å². The fraction of sp³-hybridized carbons (Fsp3) is 0.857. The van der Waals surface area contributed by atoms with Gasteiger partial charge in [-0.3, -0.25) is 9.69 Å². The van der Waals surface area contributed by atoms with Crippen molar-refractivity contribution in [2.75, 3.05) is 18.8 Å². The van der Waals surface area contributed by atoms with Crippen molar-refractivity contribution >= 4 is 16.0 Å². The van der Waals surface area contributed by atoms with Gasteiger partial charge in [-0.2, -0.15) is 0 Å². The SMILES string of the molecule is NS(=O)(=O)CCN(CC(=O)O)C1CC1. The highest BCUT2D eigenvalue weighted by Crippen LogP contribution is 2.26. The van der Waals surface area contributed by atoms with Crippen LogP contribution in [0.2, 0.25) is 0 Å². The Morgan fingerprint density at radius 3 is 2.43 bits per heavy atom. The predicted molar refractivity (Wildman–Crippen MR) is 50.2 cm³/mol. The second-order valence-corrected chi connectivity index (χ2v) is 5.20. The molecular weight excluding hydrogens is 208 g/mol. The van der Waals surface area contributed by atoms with E-state index in [9.17, 15) is 13.2 Å². The lowest BCUT2D eigenvalue weighted by molar-refractivity contribution is -0.138. The van der Waals surface area contributed by atoms with E-state index in [1.54, 1.807) is 4.90 Å². The third-order valence-corrected chi connectivity index (χ3v) is 2.82.